The maximum atomic E-state index is 13.2. The number of methoxy groups -OCH3 is 1. The fourth-order valence-corrected chi connectivity index (χ4v) is 1.49. The Morgan fingerprint density at radius 2 is 2.29 bits per heavy atom. The Balaban J connectivity index is 2.73. The molecule has 0 atom stereocenters. The second-order valence-corrected chi connectivity index (χ2v) is 3.11. The number of aromatic amines is 1. The number of nitrogens with one attached hydrogen (secondary N) is 1. The second-order valence-electron chi connectivity index (χ2n) is 3.11. The molecule has 0 aliphatic carbocycles. The van der Waals surface area contributed by atoms with E-state index < -0.39 is 11.8 Å². The molecule has 1 N–H and O–H groups in total. The third-order valence-electron chi connectivity index (χ3n) is 2.16. The number of nitrogens with zero attached hydrogens (tertiary/aromatic N) is 1. The molecule has 0 saturated heterocycles. The first-order valence-electron chi connectivity index (χ1n) is 4.53. The average molecular weight is 238 g/mol. The molecular formula is C10H7FN2O4. The summed E-state index contributed by atoms with van der Waals surface area (Å²) in [5.74, 6) is -1.47. The molecule has 6 nitrogen and oxygen atoms in total. The molecule has 0 bridgehead atoms. The van der Waals surface area contributed by atoms with Crippen molar-refractivity contribution in [3.63, 3.8) is 0 Å². The predicted molar refractivity (Wildman–Crippen MR) is 54.1 cm³/mol. The van der Waals surface area contributed by atoms with Crippen LogP contribution in [-0.2, 0) is 9.53 Å². The number of carbonyl (C=O) groups is 2. The van der Waals surface area contributed by atoms with Crippen molar-refractivity contribution in [1.29, 1.82) is 0 Å². The maximum Gasteiger partial charge on any atom is 0.338 e. The van der Waals surface area contributed by atoms with Gasteiger partial charge in [0.05, 0.1) is 23.6 Å². The Morgan fingerprint density at radius 3 is 2.94 bits per heavy atom. The van der Waals surface area contributed by atoms with Crippen molar-refractivity contribution in [2.24, 2.45) is 0 Å². The number of halogens is 1. The first kappa shape index (κ1) is 11.1. The monoisotopic (exact) mass is 238 g/mol. The number of rotatable bonds is 3. The van der Waals surface area contributed by atoms with Crippen LogP contribution in [0.3, 0.4) is 0 Å². The van der Waals surface area contributed by atoms with Gasteiger partial charge in [-0.2, -0.15) is 0 Å². The Bertz CT molecular complexity index is 593. The Hall–Kier alpha value is -2.44. The van der Waals surface area contributed by atoms with Gasteiger partial charge in [0.2, 0.25) is 5.88 Å². The number of benzene rings is 1. The van der Waals surface area contributed by atoms with Crippen LogP contribution in [0.15, 0.2) is 12.1 Å². The van der Waals surface area contributed by atoms with E-state index in [1.54, 1.807) is 0 Å². The molecular weight excluding hydrogens is 231 g/mol. The predicted octanol–water partition coefficient (Wildman–Crippen LogP) is 1.02. The van der Waals surface area contributed by atoms with Crippen molar-refractivity contribution in [1.82, 2.24) is 10.2 Å². The van der Waals surface area contributed by atoms with E-state index in [1.165, 1.54) is 7.11 Å². The van der Waals surface area contributed by atoms with Gasteiger partial charge in [-0.05, 0) is 12.1 Å². The lowest BCUT2D eigenvalue weighted by Crippen LogP contribution is -2.03. The van der Waals surface area contributed by atoms with Crippen molar-refractivity contribution in [3.05, 3.63) is 23.5 Å². The zero-order chi connectivity index (χ0) is 12.4. The SMILES string of the molecule is COC(=O)c1cc(F)cc2[nH]nc(OC=O)c12. The summed E-state index contributed by atoms with van der Waals surface area (Å²) in [6.07, 6.45) is 0. The number of H-pyrrole nitrogens is 1. The molecule has 7 heteroatoms. The summed E-state index contributed by atoms with van der Waals surface area (Å²) in [7, 11) is 1.17. The molecule has 88 valence electrons. The fraction of sp³-hybridized carbons (Fsp3) is 0.100. The Morgan fingerprint density at radius 1 is 1.53 bits per heavy atom. The highest BCUT2D eigenvalue weighted by molar-refractivity contribution is 6.05. The molecule has 2 rings (SSSR count). The van der Waals surface area contributed by atoms with E-state index in [9.17, 15) is 14.0 Å². The molecule has 0 radical (unpaired) electrons. The summed E-state index contributed by atoms with van der Waals surface area (Å²) in [4.78, 5) is 21.7. The minimum Gasteiger partial charge on any atom is -0.465 e. The summed E-state index contributed by atoms with van der Waals surface area (Å²) in [6, 6.07) is 2.12. The lowest BCUT2D eigenvalue weighted by molar-refractivity contribution is -0.120. The van der Waals surface area contributed by atoms with Crippen LogP contribution >= 0.6 is 0 Å². The molecule has 1 aromatic heterocycles. The number of esters is 1. The van der Waals surface area contributed by atoms with E-state index in [-0.39, 0.29) is 28.8 Å². The minimum atomic E-state index is -0.744. The minimum absolute atomic E-state index is 0.0619. The van der Waals surface area contributed by atoms with Gasteiger partial charge in [0.25, 0.3) is 6.47 Å². The molecule has 0 amide bonds. The van der Waals surface area contributed by atoms with Gasteiger partial charge >= 0.3 is 5.97 Å². The number of ether oxygens (including phenoxy) is 2. The van der Waals surface area contributed by atoms with E-state index >= 15 is 0 Å². The van der Waals surface area contributed by atoms with E-state index in [0.29, 0.717) is 0 Å². The zero-order valence-electron chi connectivity index (χ0n) is 8.69. The summed E-state index contributed by atoms with van der Waals surface area (Å²) >= 11 is 0. The van der Waals surface area contributed by atoms with E-state index in [2.05, 4.69) is 19.7 Å². The van der Waals surface area contributed by atoms with Gasteiger partial charge < -0.3 is 9.47 Å². The highest BCUT2D eigenvalue weighted by atomic mass is 19.1. The zero-order valence-corrected chi connectivity index (χ0v) is 8.69. The summed E-state index contributed by atoms with van der Waals surface area (Å²) in [6.45, 7) is 0.167. The first-order chi connectivity index (χ1) is 8.17. The maximum absolute atomic E-state index is 13.2. The van der Waals surface area contributed by atoms with Crippen molar-refractivity contribution < 1.29 is 23.5 Å². The van der Waals surface area contributed by atoms with Gasteiger partial charge in [-0.15, -0.1) is 5.10 Å². The lowest BCUT2D eigenvalue weighted by atomic mass is 10.1. The first-order valence-corrected chi connectivity index (χ1v) is 4.53. The second kappa shape index (κ2) is 4.20. The van der Waals surface area contributed by atoms with E-state index in [0.717, 1.165) is 12.1 Å². The largest absolute Gasteiger partial charge is 0.465 e. The van der Waals surface area contributed by atoms with Crippen molar-refractivity contribution in [2.45, 2.75) is 0 Å². The Labute approximate surface area is 94.3 Å². The summed E-state index contributed by atoms with van der Waals surface area (Å²) in [5, 5.41) is 6.30. The smallest absolute Gasteiger partial charge is 0.338 e. The third kappa shape index (κ3) is 1.82. The van der Waals surface area contributed by atoms with Crippen LogP contribution < -0.4 is 4.74 Å². The number of fused-ring (bicyclic) bond motifs is 1. The number of hydrogen-bond donors (Lipinski definition) is 1. The van der Waals surface area contributed by atoms with Crippen molar-refractivity contribution in [3.8, 4) is 5.88 Å². The normalized spacial score (nSPS) is 10.2. The standard InChI is InChI=1S/C10H7FN2O4/c1-16-10(15)6-2-5(11)3-7-8(6)9(13-12-7)17-4-14/h2-4H,1H3,(H,12,13). The molecule has 0 aliphatic rings. The van der Waals surface area contributed by atoms with Gasteiger partial charge in [-0.1, -0.05) is 0 Å². The van der Waals surface area contributed by atoms with Crippen LogP contribution in [0.25, 0.3) is 10.9 Å². The Kier molecular flexibility index (Phi) is 2.73. The molecule has 17 heavy (non-hydrogen) atoms. The molecule has 0 fully saturated rings. The van der Waals surface area contributed by atoms with Crippen LogP contribution in [0.1, 0.15) is 10.4 Å². The lowest BCUT2D eigenvalue weighted by Gasteiger charge is -2.02. The molecule has 0 unspecified atom stereocenters. The van der Waals surface area contributed by atoms with Crippen LogP contribution in [0.4, 0.5) is 4.39 Å². The number of hydrogen-bond acceptors (Lipinski definition) is 5. The molecule has 2 aromatic rings. The number of carbonyl (C=O) groups excluding carboxylic acids is 2. The van der Waals surface area contributed by atoms with Gasteiger partial charge in [-0.3, -0.25) is 9.89 Å². The van der Waals surface area contributed by atoms with Crippen LogP contribution in [-0.4, -0.2) is 29.7 Å². The van der Waals surface area contributed by atoms with E-state index in [4.69, 9.17) is 0 Å². The average Bonchev–Trinajstić information content (AvgIpc) is 2.71. The van der Waals surface area contributed by atoms with Crippen molar-refractivity contribution in [2.75, 3.05) is 7.11 Å². The third-order valence-corrected chi connectivity index (χ3v) is 2.16. The highest BCUT2D eigenvalue weighted by Gasteiger charge is 2.19. The molecule has 1 aromatic carbocycles. The van der Waals surface area contributed by atoms with Gasteiger partial charge in [-0.25, -0.2) is 9.18 Å². The molecule has 0 aliphatic heterocycles. The topological polar surface area (TPSA) is 81.3 Å². The van der Waals surface area contributed by atoms with Crippen LogP contribution in [0.5, 0.6) is 5.88 Å². The van der Waals surface area contributed by atoms with E-state index in [1.807, 2.05) is 0 Å². The van der Waals surface area contributed by atoms with Gasteiger partial charge in [0.15, 0.2) is 0 Å². The fourth-order valence-electron chi connectivity index (χ4n) is 1.49. The summed E-state index contributed by atoms with van der Waals surface area (Å²) < 4.78 is 22.3. The quantitative estimate of drug-likeness (QED) is 0.637. The van der Waals surface area contributed by atoms with Crippen LogP contribution in [0.2, 0.25) is 0 Å². The number of aromatic nitrogens is 2. The molecule has 0 spiro atoms. The molecule has 1 heterocycles. The summed E-state index contributed by atoms with van der Waals surface area (Å²) in [5.41, 5.74) is 0.176. The van der Waals surface area contributed by atoms with Gasteiger partial charge in [0, 0.05) is 0 Å². The highest BCUT2D eigenvalue weighted by Crippen LogP contribution is 2.27. The van der Waals surface area contributed by atoms with Crippen molar-refractivity contribution >= 4 is 23.3 Å². The van der Waals surface area contributed by atoms with Crippen LogP contribution in [0, 0.1) is 5.82 Å². The molecule has 0 saturated carbocycles. The van der Waals surface area contributed by atoms with Gasteiger partial charge in [0.1, 0.15) is 5.82 Å².